The number of carbonyl (C=O) groups excluding carboxylic acids is 2. The van der Waals surface area contributed by atoms with Gasteiger partial charge in [0.2, 0.25) is 5.91 Å². The zero-order chi connectivity index (χ0) is 29.4. The van der Waals surface area contributed by atoms with E-state index in [1.807, 2.05) is 30.0 Å². The third kappa shape index (κ3) is 7.95. The highest BCUT2D eigenvalue weighted by Gasteiger charge is 2.29. The number of carbonyl (C=O) groups is 2. The molecule has 2 aromatic carbocycles. The van der Waals surface area contributed by atoms with Crippen molar-refractivity contribution in [2.75, 3.05) is 58.2 Å². The monoisotopic (exact) mass is 599 g/mol. The van der Waals surface area contributed by atoms with Crippen molar-refractivity contribution >= 4 is 41.0 Å². The summed E-state index contributed by atoms with van der Waals surface area (Å²) in [6.45, 7) is 4.22. The van der Waals surface area contributed by atoms with E-state index in [0.717, 1.165) is 5.56 Å². The predicted molar refractivity (Wildman–Crippen MR) is 160 cm³/mol. The van der Waals surface area contributed by atoms with Crippen LogP contribution in [0.3, 0.4) is 0 Å². The Kier molecular flexibility index (Phi) is 10.5. The molecule has 1 atom stereocenters. The molecule has 0 saturated carbocycles. The number of ether oxygens (including phenoxy) is 3. The van der Waals surface area contributed by atoms with E-state index in [9.17, 15) is 9.59 Å². The zero-order valence-electron chi connectivity index (χ0n) is 23.6. The molecule has 0 aliphatic carbocycles. The second kappa shape index (κ2) is 14.3. The van der Waals surface area contributed by atoms with Gasteiger partial charge in [0.25, 0.3) is 5.91 Å². The molecule has 41 heavy (non-hydrogen) atoms. The summed E-state index contributed by atoms with van der Waals surface area (Å²) in [5, 5.41) is 3.65. The van der Waals surface area contributed by atoms with Crippen LogP contribution in [0, 0.1) is 0 Å². The largest absolute Gasteiger partial charge is 0.497 e. The Morgan fingerprint density at radius 2 is 1.76 bits per heavy atom. The summed E-state index contributed by atoms with van der Waals surface area (Å²) in [5.74, 6) is 2.71. The lowest BCUT2D eigenvalue weighted by molar-refractivity contribution is -0.118. The Hall–Kier alpha value is -3.70. The van der Waals surface area contributed by atoms with Gasteiger partial charge in [0.1, 0.15) is 16.7 Å². The van der Waals surface area contributed by atoms with Crippen LogP contribution in [0.15, 0.2) is 53.7 Å². The molecule has 0 spiro atoms. The van der Waals surface area contributed by atoms with Crippen LogP contribution in [-0.2, 0) is 11.2 Å². The van der Waals surface area contributed by atoms with Gasteiger partial charge in [-0.25, -0.2) is 9.97 Å². The molecule has 2 heterocycles. The van der Waals surface area contributed by atoms with Crippen molar-refractivity contribution in [1.82, 2.24) is 20.2 Å². The standard InChI is InChI=1S/C29H34ClN5O5S/c1-19-17-34(13-14-35(19)28(37)21-6-8-22(38-2)9-7-21)26-16-25(30)32-29(33-26)41-18-27(36)31-12-11-20-5-10-23(39-3)24(15-20)40-4/h5-10,15-16,19H,11-14,17-18H2,1-4H3,(H,31,36). The van der Waals surface area contributed by atoms with E-state index in [1.165, 1.54) is 11.8 Å². The summed E-state index contributed by atoms with van der Waals surface area (Å²) in [5.41, 5.74) is 1.65. The van der Waals surface area contributed by atoms with Crippen molar-refractivity contribution in [3.63, 3.8) is 0 Å². The minimum absolute atomic E-state index is 0.0195. The van der Waals surface area contributed by atoms with Gasteiger partial charge in [-0.05, 0) is 55.3 Å². The maximum absolute atomic E-state index is 13.1. The average molecular weight is 600 g/mol. The number of hydrogen-bond acceptors (Lipinski definition) is 9. The molecule has 1 aliphatic heterocycles. The molecule has 1 aromatic heterocycles. The van der Waals surface area contributed by atoms with Gasteiger partial charge < -0.3 is 29.3 Å². The Balaban J connectivity index is 1.28. The number of thioether (sulfide) groups is 1. The summed E-state index contributed by atoms with van der Waals surface area (Å²) in [4.78, 5) is 38.5. The van der Waals surface area contributed by atoms with E-state index >= 15 is 0 Å². The number of hydrogen-bond donors (Lipinski definition) is 1. The first-order valence-corrected chi connectivity index (χ1v) is 14.5. The van der Waals surface area contributed by atoms with Crippen LogP contribution in [0.2, 0.25) is 5.15 Å². The number of nitrogens with zero attached hydrogens (tertiary/aromatic N) is 4. The molecule has 3 aromatic rings. The number of halogens is 1. The number of amides is 2. The van der Waals surface area contributed by atoms with Crippen LogP contribution in [0.1, 0.15) is 22.8 Å². The molecule has 4 rings (SSSR count). The second-order valence-electron chi connectivity index (χ2n) is 9.43. The van der Waals surface area contributed by atoms with Crippen LogP contribution in [-0.4, -0.2) is 86.0 Å². The maximum atomic E-state index is 13.1. The van der Waals surface area contributed by atoms with Gasteiger partial charge in [-0.3, -0.25) is 9.59 Å². The Morgan fingerprint density at radius 1 is 1.00 bits per heavy atom. The quantitative estimate of drug-likeness (QED) is 0.199. The highest BCUT2D eigenvalue weighted by molar-refractivity contribution is 7.99. The third-order valence-corrected chi connectivity index (χ3v) is 7.77. The first-order valence-electron chi connectivity index (χ1n) is 13.2. The molecular weight excluding hydrogens is 566 g/mol. The normalized spacial score (nSPS) is 14.9. The lowest BCUT2D eigenvalue weighted by atomic mass is 10.1. The molecule has 1 aliphatic rings. The summed E-state index contributed by atoms with van der Waals surface area (Å²) in [7, 11) is 4.78. The van der Waals surface area contributed by atoms with Crippen molar-refractivity contribution in [3.05, 3.63) is 64.8 Å². The minimum atomic E-state index is -0.125. The van der Waals surface area contributed by atoms with E-state index in [-0.39, 0.29) is 23.6 Å². The topological polar surface area (TPSA) is 106 Å². The number of rotatable bonds is 11. The average Bonchev–Trinajstić information content (AvgIpc) is 2.99. The lowest BCUT2D eigenvalue weighted by Crippen LogP contribution is -2.54. The lowest BCUT2D eigenvalue weighted by Gasteiger charge is -2.40. The number of nitrogens with one attached hydrogen (secondary N) is 1. The van der Waals surface area contributed by atoms with Gasteiger partial charge in [-0.2, -0.15) is 0 Å². The van der Waals surface area contributed by atoms with Gasteiger partial charge in [0.05, 0.1) is 27.1 Å². The molecule has 1 N–H and O–H groups in total. The van der Waals surface area contributed by atoms with E-state index in [1.54, 1.807) is 51.7 Å². The second-order valence-corrected chi connectivity index (χ2v) is 10.8. The van der Waals surface area contributed by atoms with Gasteiger partial charge >= 0.3 is 0 Å². The van der Waals surface area contributed by atoms with Crippen LogP contribution >= 0.6 is 23.4 Å². The first kappa shape index (κ1) is 30.3. The first-order chi connectivity index (χ1) is 19.8. The van der Waals surface area contributed by atoms with Gasteiger partial charge in [0, 0.05) is 43.9 Å². The number of aromatic nitrogens is 2. The van der Waals surface area contributed by atoms with Crippen LogP contribution in [0.5, 0.6) is 17.2 Å². The predicted octanol–water partition coefficient (Wildman–Crippen LogP) is 3.96. The highest BCUT2D eigenvalue weighted by atomic mass is 35.5. The molecule has 1 fully saturated rings. The van der Waals surface area contributed by atoms with Crippen LogP contribution in [0.25, 0.3) is 0 Å². The molecular formula is C29H34ClN5O5S. The van der Waals surface area contributed by atoms with Gasteiger partial charge in [-0.1, -0.05) is 29.4 Å². The molecule has 1 unspecified atom stereocenters. The van der Waals surface area contributed by atoms with Crippen LogP contribution < -0.4 is 24.4 Å². The minimum Gasteiger partial charge on any atom is -0.497 e. The smallest absolute Gasteiger partial charge is 0.254 e. The van der Waals surface area contributed by atoms with Gasteiger partial charge in [-0.15, -0.1) is 0 Å². The number of benzene rings is 2. The number of anilines is 1. The van der Waals surface area contributed by atoms with E-state index < -0.39 is 0 Å². The van der Waals surface area contributed by atoms with Crippen LogP contribution in [0.4, 0.5) is 5.82 Å². The van der Waals surface area contributed by atoms with E-state index in [0.29, 0.717) is 71.5 Å². The fourth-order valence-corrected chi connectivity index (χ4v) is 5.45. The fraction of sp³-hybridized carbons (Fsp3) is 0.379. The Morgan fingerprint density at radius 3 is 2.44 bits per heavy atom. The molecule has 0 radical (unpaired) electrons. The number of piperazine rings is 1. The third-order valence-electron chi connectivity index (χ3n) is 6.73. The molecule has 2 amide bonds. The van der Waals surface area contributed by atoms with Crippen molar-refractivity contribution in [2.45, 2.75) is 24.5 Å². The van der Waals surface area contributed by atoms with Crippen molar-refractivity contribution in [3.8, 4) is 17.2 Å². The van der Waals surface area contributed by atoms with E-state index in [2.05, 4.69) is 20.2 Å². The molecule has 10 nitrogen and oxygen atoms in total. The molecule has 12 heteroatoms. The van der Waals surface area contributed by atoms with Crippen molar-refractivity contribution < 1.29 is 23.8 Å². The summed E-state index contributed by atoms with van der Waals surface area (Å²) in [6, 6.07) is 14.5. The maximum Gasteiger partial charge on any atom is 0.254 e. The Labute approximate surface area is 249 Å². The van der Waals surface area contributed by atoms with E-state index in [4.69, 9.17) is 25.8 Å². The SMILES string of the molecule is COc1ccc(C(=O)N2CCN(c3cc(Cl)nc(SCC(=O)NCCc4ccc(OC)c(OC)c4)n3)CC2C)cc1. The zero-order valence-corrected chi connectivity index (χ0v) is 25.1. The molecule has 0 bridgehead atoms. The summed E-state index contributed by atoms with van der Waals surface area (Å²) < 4.78 is 15.8. The number of methoxy groups -OCH3 is 3. The molecule has 1 saturated heterocycles. The molecule has 218 valence electrons. The van der Waals surface area contributed by atoms with Gasteiger partial charge in [0.15, 0.2) is 16.7 Å². The summed E-state index contributed by atoms with van der Waals surface area (Å²) >= 11 is 7.54. The van der Waals surface area contributed by atoms with Crippen molar-refractivity contribution in [2.24, 2.45) is 0 Å². The fourth-order valence-electron chi connectivity index (χ4n) is 4.54. The van der Waals surface area contributed by atoms with Crippen molar-refractivity contribution in [1.29, 1.82) is 0 Å². The highest BCUT2D eigenvalue weighted by Crippen LogP contribution is 2.28. The summed E-state index contributed by atoms with van der Waals surface area (Å²) in [6.07, 6.45) is 0.652. The Bertz CT molecular complexity index is 1360.